The average Bonchev–Trinajstić information content (AvgIpc) is 2.95. The summed E-state index contributed by atoms with van der Waals surface area (Å²) in [5, 5.41) is 7.14. The number of nitrogens with zero attached hydrogens (tertiary/aromatic N) is 2. The predicted molar refractivity (Wildman–Crippen MR) is 84.8 cm³/mol. The van der Waals surface area contributed by atoms with Crippen LogP contribution in [0.5, 0.6) is 11.5 Å². The van der Waals surface area contributed by atoms with Gasteiger partial charge in [0.25, 0.3) is 0 Å². The summed E-state index contributed by atoms with van der Waals surface area (Å²) >= 11 is 5.82. The molecular formula is C15H16ClF2N3O3. The maximum atomic E-state index is 12.4. The van der Waals surface area contributed by atoms with Crippen molar-refractivity contribution in [2.24, 2.45) is 0 Å². The molecule has 1 unspecified atom stereocenters. The van der Waals surface area contributed by atoms with E-state index in [1.165, 1.54) is 36.2 Å². The van der Waals surface area contributed by atoms with E-state index in [-0.39, 0.29) is 17.4 Å². The molecule has 0 radical (unpaired) electrons. The van der Waals surface area contributed by atoms with Gasteiger partial charge in [0.15, 0.2) is 11.5 Å². The van der Waals surface area contributed by atoms with Gasteiger partial charge in [-0.15, -0.1) is 0 Å². The Labute approximate surface area is 142 Å². The molecule has 2 aromatic rings. The number of halogens is 3. The second kappa shape index (κ2) is 7.96. The molecule has 1 aromatic heterocycles. The van der Waals surface area contributed by atoms with Crippen LogP contribution in [-0.4, -0.2) is 29.4 Å². The number of alkyl halides is 2. The first-order valence-corrected chi connectivity index (χ1v) is 7.45. The molecule has 1 N–H and O–H groups in total. The topological polar surface area (TPSA) is 65.4 Å². The summed E-state index contributed by atoms with van der Waals surface area (Å²) in [7, 11) is 1.32. The molecule has 24 heavy (non-hydrogen) atoms. The quantitative estimate of drug-likeness (QED) is 0.818. The van der Waals surface area contributed by atoms with Crippen molar-refractivity contribution in [1.82, 2.24) is 9.78 Å². The molecule has 1 heterocycles. The molecule has 0 aliphatic heterocycles. The van der Waals surface area contributed by atoms with E-state index < -0.39 is 12.7 Å². The number of methoxy groups -OCH3 is 1. The molecule has 0 fully saturated rings. The first-order chi connectivity index (χ1) is 11.4. The van der Waals surface area contributed by atoms with Gasteiger partial charge in [0, 0.05) is 18.0 Å². The largest absolute Gasteiger partial charge is 0.493 e. The number of nitrogens with one attached hydrogen (secondary N) is 1. The van der Waals surface area contributed by atoms with Gasteiger partial charge < -0.3 is 14.8 Å². The lowest BCUT2D eigenvalue weighted by molar-refractivity contribution is -0.119. The van der Waals surface area contributed by atoms with Crippen LogP contribution in [0.25, 0.3) is 0 Å². The molecular weight excluding hydrogens is 344 g/mol. The fourth-order valence-corrected chi connectivity index (χ4v) is 2.29. The summed E-state index contributed by atoms with van der Waals surface area (Å²) in [5.74, 6) is -0.346. The lowest BCUT2D eigenvalue weighted by Crippen LogP contribution is -2.25. The maximum absolute atomic E-state index is 12.4. The van der Waals surface area contributed by atoms with Crippen LogP contribution < -0.4 is 14.8 Å². The van der Waals surface area contributed by atoms with Crippen molar-refractivity contribution < 1.29 is 23.0 Å². The molecule has 0 aliphatic carbocycles. The van der Waals surface area contributed by atoms with Crippen LogP contribution >= 0.6 is 11.6 Å². The Kier molecular flexibility index (Phi) is 5.97. The summed E-state index contributed by atoms with van der Waals surface area (Å²) in [4.78, 5) is 12.4. The SMILES string of the molecule is CCC(C(=O)Nc1ccc(OC(F)F)c(OC)c1)n1cc(Cl)cn1. The number of benzene rings is 1. The fourth-order valence-electron chi connectivity index (χ4n) is 2.14. The number of carbonyl (C=O) groups is 1. The number of amides is 1. The van der Waals surface area contributed by atoms with Gasteiger partial charge in [0.1, 0.15) is 6.04 Å². The van der Waals surface area contributed by atoms with Crippen molar-refractivity contribution in [2.45, 2.75) is 26.0 Å². The Balaban J connectivity index is 2.15. The molecule has 1 amide bonds. The highest BCUT2D eigenvalue weighted by Gasteiger charge is 2.20. The summed E-state index contributed by atoms with van der Waals surface area (Å²) in [6.45, 7) is -1.13. The molecule has 0 saturated heterocycles. The Morgan fingerprint density at radius 2 is 2.17 bits per heavy atom. The summed E-state index contributed by atoms with van der Waals surface area (Å²) < 4.78 is 35.4. The van der Waals surface area contributed by atoms with E-state index >= 15 is 0 Å². The van der Waals surface area contributed by atoms with Gasteiger partial charge in [-0.25, -0.2) is 0 Å². The number of rotatable bonds is 7. The standard InChI is InChI=1S/C15H16ClF2N3O3/c1-3-11(21-8-9(16)7-19-21)14(22)20-10-4-5-12(24-15(17)18)13(6-10)23-2/h4-8,11,15H,3H2,1-2H3,(H,20,22). The molecule has 1 atom stereocenters. The van der Waals surface area contributed by atoms with Crippen LogP contribution in [0.1, 0.15) is 19.4 Å². The van der Waals surface area contributed by atoms with E-state index in [2.05, 4.69) is 15.2 Å². The van der Waals surface area contributed by atoms with Crippen molar-refractivity contribution in [3.8, 4) is 11.5 Å². The minimum atomic E-state index is -2.96. The number of hydrogen-bond donors (Lipinski definition) is 1. The van der Waals surface area contributed by atoms with Gasteiger partial charge in [-0.1, -0.05) is 18.5 Å². The smallest absolute Gasteiger partial charge is 0.387 e. The third-order valence-corrected chi connectivity index (χ3v) is 3.42. The molecule has 2 rings (SSSR count). The molecule has 0 saturated carbocycles. The first-order valence-electron chi connectivity index (χ1n) is 7.08. The average molecular weight is 360 g/mol. The highest BCUT2D eigenvalue weighted by atomic mass is 35.5. The molecule has 0 aliphatic rings. The second-order valence-electron chi connectivity index (χ2n) is 4.80. The number of aromatic nitrogens is 2. The zero-order valence-electron chi connectivity index (χ0n) is 13.0. The highest BCUT2D eigenvalue weighted by Crippen LogP contribution is 2.31. The van der Waals surface area contributed by atoms with E-state index in [0.717, 1.165) is 0 Å². The number of carbonyl (C=O) groups excluding carboxylic acids is 1. The van der Waals surface area contributed by atoms with Crippen molar-refractivity contribution >= 4 is 23.2 Å². The van der Waals surface area contributed by atoms with Crippen molar-refractivity contribution in [3.05, 3.63) is 35.6 Å². The Morgan fingerprint density at radius 3 is 2.71 bits per heavy atom. The molecule has 1 aromatic carbocycles. The normalized spacial score (nSPS) is 12.1. The lowest BCUT2D eigenvalue weighted by Gasteiger charge is -2.16. The Morgan fingerprint density at radius 1 is 1.42 bits per heavy atom. The van der Waals surface area contributed by atoms with Crippen LogP contribution in [0, 0.1) is 0 Å². The third kappa shape index (κ3) is 4.35. The van der Waals surface area contributed by atoms with E-state index in [9.17, 15) is 13.6 Å². The highest BCUT2D eigenvalue weighted by molar-refractivity contribution is 6.30. The van der Waals surface area contributed by atoms with Crippen molar-refractivity contribution in [3.63, 3.8) is 0 Å². The van der Waals surface area contributed by atoms with Crippen LogP contribution in [0.15, 0.2) is 30.6 Å². The molecule has 9 heteroatoms. The monoisotopic (exact) mass is 359 g/mol. The van der Waals surface area contributed by atoms with Crippen LogP contribution in [0.4, 0.5) is 14.5 Å². The third-order valence-electron chi connectivity index (χ3n) is 3.23. The first kappa shape index (κ1) is 18.0. The van der Waals surface area contributed by atoms with E-state index in [1.54, 1.807) is 6.20 Å². The predicted octanol–water partition coefficient (Wildman–Crippen LogP) is 3.74. The van der Waals surface area contributed by atoms with E-state index in [4.69, 9.17) is 16.3 Å². The van der Waals surface area contributed by atoms with Gasteiger partial charge in [-0.3, -0.25) is 9.48 Å². The van der Waals surface area contributed by atoms with Gasteiger partial charge in [0.05, 0.1) is 18.3 Å². The number of anilines is 1. The second-order valence-corrected chi connectivity index (χ2v) is 5.23. The summed E-state index contributed by atoms with van der Waals surface area (Å²) in [6, 6.07) is 3.59. The van der Waals surface area contributed by atoms with Crippen LogP contribution in [0.3, 0.4) is 0 Å². The molecule has 0 bridgehead atoms. The van der Waals surface area contributed by atoms with Crippen LogP contribution in [0.2, 0.25) is 5.02 Å². The van der Waals surface area contributed by atoms with Gasteiger partial charge in [-0.05, 0) is 18.6 Å². The lowest BCUT2D eigenvalue weighted by atomic mass is 10.2. The van der Waals surface area contributed by atoms with Crippen molar-refractivity contribution in [1.29, 1.82) is 0 Å². The molecule has 6 nitrogen and oxygen atoms in total. The molecule has 130 valence electrons. The fraction of sp³-hybridized carbons (Fsp3) is 0.333. The Hall–Kier alpha value is -2.35. The molecule has 0 spiro atoms. The summed E-state index contributed by atoms with van der Waals surface area (Å²) in [6.07, 6.45) is 3.49. The van der Waals surface area contributed by atoms with E-state index in [0.29, 0.717) is 17.1 Å². The minimum absolute atomic E-state index is 0.0864. The van der Waals surface area contributed by atoms with E-state index in [1.807, 2.05) is 6.92 Å². The maximum Gasteiger partial charge on any atom is 0.387 e. The Bertz CT molecular complexity index is 709. The van der Waals surface area contributed by atoms with Gasteiger partial charge >= 0.3 is 6.61 Å². The summed E-state index contributed by atoms with van der Waals surface area (Å²) in [5.41, 5.74) is 0.384. The van der Waals surface area contributed by atoms with Gasteiger partial charge in [0.2, 0.25) is 5.91 Å². The number of hydrogen-bond acceptors (Lipinski definition) is 4. The zero-order chi connectivity index (χ0) is 17.7. The minimum Gasteiger partial charge on any atom is -0.493 e. The van der Waals surface area contributed by atoms with Crippen LogP contribution in [-0.2, 0) is 4.79 Å². The van der Waals surface area contributed by atoms with Gasteiger partial charge in [-0.2, -0.15) is 13.9 Å². The zero-order valence-corrected chi connectivity index (χ0v) is 13.8. The number of ether oxygens (including phenoxy) is 2. The van der Waals surface area contributed by atoms with Crippen molar-refractivity contribution in [2.75, 3.05) is 12.4 Å².